The molecule has 4 nitrogen and oxygen atoms in total. The van der Waals surface area contributed by atoms with Gasteiger partial charge in [-0.2, -0.15) is 5.10 Å². The molecule has 0 atom stereocenters. The highest BCUT2D eigenvalue weighted by atomic mass is 79.9. The molecule has 1 aromatic carbocycles. The van der Waals surface area contributed by atoms with Crippen molar-refractivity contribution in [2.75, 3.05) is 0 Å². The predicted octanol–water partition coefficient (Wildman–Crippen LogP) is 2.91. The Kier molecular flexibility index (Phi) is 4.27. The van der Waals surface area contributed by atoms with Gasteiger partial charge in [-0.1, -0.05) is 17.7 Å². The maximum atomic E-state index is 9.19. The summed E-state index contributed by atoms with van der Waals surface area (Å²) >= 11 is 9.27. The molecule has 0 aliphatic rings. The summed E-state index contributed by atoms with van der Waals surface area (Å²) in [6, 6.07) is 7.18. The van der Waals surface area contributed by atoms with Crippen LogP contribution in [-0.2, 0) is 20.3 Å². The predicted molar refractivity (Wildman–Crippen MR) is 72.6 cm³/mol. The van der Waals surface area contributed by atoms with Crippen LogP contribution in [0.1, 0.15) is 11.4 Å². The molecule has 0 saturated heterocycles. The molecule has 18 heavy (non-hydrogen) atoms. The van der Waals surface area contributed by atoms with Gasteiger partial charge in [0.25, 0.3) is 0 Å². The van der Waals surface area contributed by atoms with E-state index < -0.39 is 0 Å². The molecule has 0 aliphatic heterocycles. The summed E-state index contributed by atoms with van der Waals surface area (Å²) in [6.45, 7) is 0.246. The minimum atomic E-state index is -0.0682. The lowest BCUT2D eigenvalue weighted by molar-refractivity contribution is 0.270. The van der Waals surface area contributed by atoms with Crippen molar-refractivity contribution in [1.82, 2.24) is 9.78 Å². The quantitative estimate of drug-likeness (QED) is 0.937. The monoisotopic (exact) mass is 330 g/mol. The Bertz CT molecular complexity index is 557. The van der Waals surface area contributed by atoms with Crippen molar-refractivity contribution in [2.45, 2.75) is 13.2 Å². The maximum Gasteiger partial charge on any atom is 0.133 e. The molecule has 1 N–H and O–H groups in total. The van der Waals surface area contributed by atoms with E-state index in [9.17, 15) is 5.11 Å². The average molecular weight is 332 g/mol. The van der Waals surface area contributed by atoms with Crippen molar-refractivity contribution in [3.8, 4) is 5.75 Å². The zero-order chi connectivity index (χ0) is 13.1. The number of ether oxygens (including phenoxy) is 1. The minimum absolute atomic E-state index is 0.0682. The summed E-state index contributed by atoms with van der Waals surface area (Å²) in [5, 5.41) is 14.1. The Balaban J connectivity index is 2.11. The Morgan fingerprint density at radius 1 is 1.50 bits per heavy atom. The van der Waals surface area contributed by atoms with E-state index in [-0.39, 0.29) is 6.61 Å². The van der Waals surface area contributed by atoms with Crippen LogP contribution in [0.5, 0.6) is 5.75 Å². The van der Waals surface area contributed by atoms with Crippen LogP contribution in [-0.4, -0.2) is 14.9 Å². The Hall–Kier alpha value is -1.04. The zero-order valence-electron chi connectivity index (χ0n) is 9.73. The largest absolute Gasteiger partial charge is 0.487 e. The van der Waals surface area contributed by atoms with Crippen LogP contribution in [0.4, 0.5) is 0 Å². The van der Waals surface area contributed by atoms with Gasteiger partial charge in [0.1, 0.15) is 18.1 Å². The third-order valence-corrected chi connectivity index (χ3v) is 3.64. The van der Waals surface area contributed by atoms with Crippen LogP contribution in [0.3, 0.4) is 0 Å². The molecule has 0 radical (unpaired) electrons. The van der Waals surface area contributed by atoms with Gasteiger partial charge in [-0.25, -0.2) is 0 Å². The number of aliphatic hydroxyl groups is 1. The molecule has 0 bridgehead atoms. The molecule has 0 fully saturated rings. The highest BCUT2D eigenvalue weighted by Crippen LogP contribution is 2.23. The second-order valence-corrected chi connectivity index (χ2v) is 4.96. The second-order valence-electron chi connectivity index (χ2n) is 3.74. The van der Waals surface area contributed by atoms with Gasteiger partial charge in [0.2, 0.25) is 0 Å². The number of aliphatic hydroxyl groups excluding tert-OH is 1. The molecule has 0 spiro atoms. The van der Waals surface area contributed by atoms with E-state index in [0.29, 0.717) is 17.4 Å². The van der Waals surface area contributed by atoms with Crippen LogP contribution in [0, 0.1) is 0 Å². The first kappa shape index (κ1) is 13.4. The molecule has 6 heteroatoms. The zero-order valence-corrected chi connectivity index (χ0v) is 12.1. The van der Waals surface area contributed by atoms with Gasteiger partial charge < -0.3 is 9.84 Å². The standard InChI is InChI=1S/C12H12BrClN2O2/c1-16-11(6-17)12(13)10(15-16)7-18-9-4-2-3-8(14)5-9/h2-5,17H,6-7H2,1H3. The van der Waals surface area contributed by atoms with Crippen molar-refractivity contribution >= 4 is 27.5 Å². The van der Waals surface area contributed by atoms with E-state index in [1.54, 1.807) is 23.9 Å². The molecule has 1 heterocycles. The summed E-state index contributed by atoms with van der Waals surface area (Å²) in [5.74, 6) is 0.686. The summed E-state index contributed by atoms with van der Waals surface area (Å²) in [4.78, 5) is 0. The minimum Gasteiger partial charge on any atom is -0.487 e. The molecule has 2 rings (SSSR count). The highest BCUT2D eigenvalue weighted by molar-refractivity contribution is 9.10. The lowest BCUT2D eigenvalue weighted by Gasteiger charge is -2.04. The van der Waals surface area contributed by atoms with Crippen molar-refractivity contribution in [2.24, 2.45) is 7.05 Å². The molecule has 0 saturated carbocycles. The van der Waals surface area contributed by atoms with E-state index in [4.69, 9.17) is 16.3 Å². The van der Waals surface area contributed by atoms with Crippen LogP contribution in [0.15, 0.2) is 28.7 Å². The molecule has 1 aromatic heterocycles. The molecule has 0 amide bonds. The summed E-state index contributed by atoms with van der Waals surface area (Å²) in [6.07, 6.45) is 0. The topological polar surface area (TPSA) is 47.3 Å². The van der Waals surface area contributed by atoms with E-state index in [1.807, 2.05) is 12.1 Å². The average Bonchev–Trinajstić information content (AvgIpc) is 2.61. The summed E-state index contributed by atoms with van der Waals surface area (Å²) in [5.41, 5.74) is 1.46. The van der Waals surface area contributed by atoms with E-state index in [1.165, 1.54) is 0 Å². The molecule has 0 unspecified atom stereocenters. The van der Waals surface area contributed by atoms with Crippen molar-refractivity contribution in [3.63, 3.8) is 0 Å². The Labute approximate surface area is 118 Å². The number of aryl methyl sites for hydroxylation is 1. The van der Waals surface area contributed by atoms with Gasteiger partial charge in [0.05, 0.1) is 16.8 Å². The normalized spacial score (nSPS) is 10.7. The SMILES string of the molecule is Cn1nc(COc2cccc(Cl)c2)c(Br)c1CO. The van der Waals surface area contributed by atoms with E-state index in [2.05, 4.69) is 21.0 Å². The highest BCUT2D eigenvalue weighted by Gasteiger charge is 2.13. The molecule has 2 aromatic rings. The van der Waals surface area contributed by atoms with Gasteiger partial charge in [-0.3, -0.25) is 4.68 Å². The van der Waals surface area contributed by atoms with Crippen LogP contribution in [0.2, 0.25) is 5.02 Å². The van der Waals surface area contributed by atoms with Crippen molar-refractivity contribution in [3.05, 3.63) is 45.1 Å². The van der Waals surface area contributed by atoms with Crippen LogP contribution < -0.4 is 4.74 Å². The van der Waals surface area contributed by atoms with Gasteiger partial charge >= 0.3 is 0 Å². The molecular formula is C12H12BrClN2O2. The lowest BCUT2D eigenvalue weighted by atomic mass is 10.3. The fraction of sp³-hybridized carbons (Fsp3) is 0.250. The van der Waals surface area contributed by atoms with Crippen molar-refractivity contribution in [1.29, 1.82) is 0 Å². The number of benzene rings is 1. The molecular weight excluding hydrogens is 320 g/mol. The second kappa shape index (κ2) is 5.73. The third kappa shape index (κ3) is 2.85. The first-order valence-corrected chi connectivity index (χ1v) is 6.48. The van der Waals surface area contributed by atoms with Crippen LogP contribution in [0.25, 0.3) is 0 Å². The van der Waals surface area contributed by atoms with Gasteiger partial charge in [0.15, 0.2) is 0 Å². The number of hydrogen-bond donors (Lipinski definition) is 1. The molecule has 0 aliphatic carbocycles. The fourth-order valence-corrected chi connectivity index (χ4v) is 2.32. The van der Waals surface area contributed by atoms with Gasteiger partial charge in [-0.05, 0) is 34.1 Å². The number of rotatable bonds is 4. The molecule has 96 valence electrons. The first-order valence-electron chi connectivity index (χ1n) is 5.31. The number of halogens is 2. The lowest BCUT2D eigenvalue weighted by Crippen LogP contribution is -1.99. The first-order chi connectivity index (χ1) is 8.61. The van der Waals surface area contributed by atoms with Crippen LogP contribution >= 0.6 is 27.5 Å². The Morgan fingerprint density at radius 3 is 2.89 bits per heavy atom. The third-order valence-electron chi connectivity index (χ3n) is 2.49. The number of nitrogens with zero attached hydrogens (tertiary/aromatic N) is 2. The van der Waals surface area contributed by atoms with Gasteiger partial charge in [-0.15, -0.1) is 0 Å². The van der Waals surface area contributed by atoms with E-state index in [0.717, 1.165) is 15.9 Å². The fourth-order valence-electron chi connectivity index (χ4n) is 1.57. The summed E-state index contributed by atoms with van der Waals surface area (Å²) < 4.78 is 7.99. The smallest absolute Gasteiger partial charge is 0.133 e. The van der Waals surface area contributed by atoms with Crippen molar-refractivity contribution < 1.29 is 9.84 Å². The maximum absolute atomic E-state index is 9.19. The Morgan fingerprint density at radius 2 is 2.28 bits per heavy atom. The number of hydrogen-bond acceptors (Lipinski definition) is 3. The van der Waals surface area contributed by atoms with Gasteiger partial charge in [0, 0.05) is 12.1 Å². The number of aromatic nitrogens is 2. The summed E-state index contributed by atoms with van der Waals surface area (Å²) in [7, 11) is 1.78. The van der Waals surface area contributed by atoms with E-state index >= 15 is 0 Å².